The number of aromatic nitrogens is 3. The van der Waals surface area contributed by atoms with Gasteiger partial charge < -0.3 is 4.98 Å². The molecule has 2 aromatic carbocycles. The SMILES string of the molecule is O=c1c2c([nH]c3nc4ccccc4n13)CCN(Cc1ccccc1)C2. The molecule has 4 aromatic rings. The number of hydrogen-bond donors (Lipinski definition) is 1. The molecule has 2 aromatic heterocycles. The molecule has 1 aliphatic rings. The van der Waals surface area contributed by atoms with Crippen molar-refractivity contribution >= 4 is 16.8 Å². The Hall–Kier alpha value is -2.92. The van der Waals surface area contributed by atoms with Crippen LogP contribution in [0, 0.1) is 0 Å². The standard InChI is InChI=1S/C20H18N4O/c25-19-15-13-23(12-14-6-2-1-3-7-14)11-10-16(15)21-20-22-17-8-4-5-9-18(17)24(19)20/h1-9H,10-13H2,(H,21,22). The molecule has 0 aliphatic carbocycles. The first-order valence-corrected chi connectivity index (χ1v) is 8.57. The van der Waals surface area contributed by atoms with E-state index < -0.39 is 0 Å². The van der Waals surface area contributed by atoms with Crippen LogP contribution in [0.5, 0.6) is 0 Å². The van der Waals surface area contributed by atoms with E-state index in [2.05, 4.69) is 39.1 Å². The molecule has 0 atom stereocenters. The van der Waals surface area contributed by atoms with Gasteiger partial charge >= 0.3 is 0 Å². The molecule has 1 N–H and O–H groups in total. The number of benzene rings is 2. The molecule has 0 saturated heterocycles. The lowest BCUT2D eigenvalue weighted by Gasteiger charge is -2.28. The summed E-state index contributed by atoms with van der Waals surface area (Å²) in [4.78, 5) is 23.4. The molecule has 0 fully saturated rings. The third kappa shape index (κ3) is 2.36. The minimum atomic E-state index is 0.0511. The second-order valence-corrected chi connectivity index (χ2v) is 6.59. The van der Waals surface area contributed by atoms with Crippen molar-refractivity contribution in [3.63, 3.8) is 0 Å². The molecule has 0 radical (unpaired) electrons. The van der Waals surface area contributed by atoms with Crippen LogP contribution in [-0.2, 0) is 19.5 Å². The van der Waals surface area contributed by atoms with Crippen molar-refractivity contribution < 1.29 is 0 Å². The normalized spacial score (nSPS) is 14.9. The largest absolute Gasteiger partial charge is 0.328 e. The maximum atomic E-state index is 13.1. The first-order chi connectivity index (χ1) is 12.3. The Bertz CT molecular complexity index is 1130. The highest BCUT2D eigenvalue weighted by atomic mass is 16.1. The van der Waals surface area contributed by atoms with Gasteiger partial charge in [-0.3, -0.25) is 9.69 Å². The number of fused-ring (bicyclic) bond motifs is 4. The smallest absolute Gasteiger partial charge is 0.264 e. The zero-order chi connectivity index (χ0) is 16.8. The number of hydrogen-bond acceptors (Lipinski definition) is 3. The van der Waals surface area contributed by atoms with E-state index in [9.17, 15) is 4.79 Å². The van der Waals surface area contributed by atoms with Crippen molar-refractivity contribution in [2.75, 3.05) is 6.54 Å². The van der Waals surface area contributed by atoms with Gasteiger partial charge in [0.15, 0.2) is 0 Å². The van der Waals surface area contributed by atoms with Crippen molar-refractivity contribution in [2.45, 2.75) is 19.5 Å². The maximum Gasteiger partial charge on any atom is 0.264 e. The van der Waals surface area contributed by atoms with Gasteiger partial charge in [0.25, 0.3) is 5.56 Å². The Morgan fingerprint density at radius 2 is 1.84 bits per heavy atom. The quantitative estimate of drug-likeness (QED) is 0.615. The van der Waals surface area contributed by atoms with Crippen molar-refractivity contribution in [1.82, 2.24) is 19.3 Å². The summed E-state index contributed by atoms with van der Waals surface area (Å²) in [5.74, 6) is 0.640. The lowest BCUT2D eigenvalue weighted by Crippen LogP contribution is -2.36. The second-order valence-electron chi connectivity index (χ2n) is 6.59. The maximum absolute atomic E-state index is 13.1. The molecule has 5 rings (SSSR count). The van der Waals surface area contributed by atoms with E-state index >= 15 is 0 Å². The Labute approximate surface area is 144 Å². The predicted molar refractivity (Wildman–Crippen MR) is 97.6 cm³/mol. The summed E-state index contributed by atoms with van der Waals surface area (Å²) in [7, 11) is 0. The first kappa shape index (κ1) is 14.4. The number of nitrogens with one attached hydrogen (secondary N) is 1. The summed E-state index contributed by atoms with van der Waals surface area (Å²) in [6, 6.07) is 18.2. The third-order valence-corrected chi connectivity index (χ3v) is 4.96. The van der Waals surface area contributed by atoms with Crippen molar-refractivity contribution in [1.29, 1.82) is 0 Å². The second kappa shape index (κ2) is 5.57. The Morgan fingerprint density at radius 3 is 2.72 bits per heavy atom. The molecule has 0 amide bonds. The summed E-state index contributed by atoms with van der Waals surface area (Å²) >= 11 is 0. The molecule has 0 bridgehead atoms. The van der Waals surface area contributed by atoms with Crippen molar-refractivity contribution in [2.24, 2.45) is 0 Å². The summed E-state index contributed by atoms with van der Waals surface area (Å²) in [6.07, 6.45) is 0.844. The molecule has 5 nitrogen and oxygen atoms in total. The highest BCUT2D eigenvalue weighted by molar-refractivity contribution is 5.79. The first-order valence-electron chi connectivity index (χ1n) is 8.57. The molecule has 25 heavy (non-hydrogen) atoms. The van der Waals surface area contributed by atoms with Crippen LogP contribution in [0.3, 0.4) is 0 Å². The van der Waals surface area contributed by atoms with Gasteiger partial charge in [0.1, 0.15) is 0 Å². The van der Waals surface area contributed by atoms with Crippen LogP contribution in [0.1, 0.15) is 16.8 Å². The van der Waals surface area contributed by atoms with Crippen LogP contribution in [0.25, 0.3) is 16.8 Å². The van der Waals surface area contributed by atoms with Gasteiger partial charge in [-0.15, -0.1) is 0 Å². The van der Waals surface area contributed by atoms with Crippen LogP contribution in [0.2, 0.25) is 0 Å². The van der Waals surface area contributed by atoms with E-state index in [1.54, 1.807) is 4.40 Å². The number of nitrogens with zero attached hydrogens (tertiary/aromatic N) is 3. The van der Waals surface area contributed by atoms with Crippen LogP contribution in [-0.4, -0.2) is 25.8 Å². The van der Waals surface area contributed by atoms with Gasteiger partial charge in [-0.25, -0.2) is 9.38 Å². The fourth-order valence-corrected chi connectivity index (χ4v) is 3.72. The van der Waals surface area contributed by atoms with E-state index in [0.717, 1.165) is 41.8 Å². The molecule has 3 heterocycles. The zero-order valence-electron chi connectivity index (χ0n) is 13.8. The number of imidazole rings is 1. The Kier molecular flexibility index (Phi) is 3.21. The molecular formula is C20H18N4O. The van der Waals surface area contributed by atoms with E-state index in [4.69, 9.17) is 0 Å². The van der Waals surface area contributed by atoms with Crippen LogP contribution >= 0.6 is 0 Å². The van der Waals surface area contributed by atoms with Crippen molar-refractivity contribution in [3.8, 4) is 0 Å². The topological polar surface area (TPSA) is 53.4 Å². The van der Waals surface area contributed by atoms with Gasteiger partial charge in [-0.1, -0.05) is 42.5 Å². The van der Waals surface area contributed by atoms with E-state index in [0.29, 0.717) is 12.3 Å². The molecular weight excluding hydrogens is 312 g/mol. The zero-order valence-corrected chi connectivity index (χ0v) is 13.8. The van der Waals surface area contributed by atoms with E-state index in [1.165, 1.54) is 5.56 Å². The number of rotatable bonds is 2. The molecule has 0 saturated carbocycles. The fraction of sp³-hybridized carbons (Fsp3) is 0.200. The summed E-state index contributed by atoms with van der Waals surface area (Å²) < 4.78 is 1.71. The lowest BCUT2D eigenvalue weighted by molar-refractivity contribution is 0.242. The van der Waals surface area contributed by atoms with E-state index in [1.807, 2.05) is 30.3 Å². The molecule has 124 valence electrons. The van der Waals surface area contributed by atoms with Crippen LogP contribution < -0.4 is 5.56 Å². The molecule has 0 unspecified atom stereocenters. The van der Waals surface area contributed by atoms with Crippen molar-refractivity contribution in [3.05, 3.63) is 81.8 Å². The van der Waals surface area contributed by atoms with Gasteiger partial charge in [-0.2, -0.15) is 0 Å². The fourth-order valence-electron chi connectivity index (χ4n) is 3.72. The average Bonchev–Trinajstić information content (AvgIpc) is 3.02. The Balaban J connectivity index is 1.58. The highest BCUT2D eigenvalue weighted by Gasteiger charge is 2.22. The average molecular weight is 330 g/mol. The Morgan fingerprint density at radius 1 is 1.04 bits per heavy atom. The van der Waals surface area contributed by atoms with Gasteiger partial charge in [0.05, 0.1) is 16.6 Å². The van der Waals surface area contributed by atoms with Gasteiger partial charge in [0.2, 0.25) is 5.78 Å². The minimum absolute atomic E-state index is 0.0511. The van der Waals surface area contributed by atoms with Crippen LogP contribution in [0.15, 0.2) is 59.4 Å². The van der Waals surface area contributed by atoms with Gasteiger partial charge in [0, 0.05) is 31.7 Å². The number of H-pyrrole nitrogens is 1. The monoisotopic (exact) mass is 330 g/mol. The lowest BCUT2D eigenvalue weighted by atomic mass is 10.1. The number of aromatic amines is 1. The minimum Gasteiger partial charge on any atom is -0.328 e. The van der Waals surface area contributed by atoms with Crippen LogP contribution in [0.4, 0.5) is 0 Å². The number of para-hydroxylation sites is 2. The summed E-state index contributed by atoms with van der Waals surface area (Å²) in [5.41, 5.74) is 4.92. The van der Waals surface area contributed by atoms with Gasteiger partial charge in [-0.05, 0) is 17.7 Å². The molecule has 5 heteroatoms. The van der Waals surface area contributed by atoms with E-state index in [-0.39, 0.29) is 5.56 Å². The molecule has 0 spiro atoms. The third-order valence-electron chi connectivity index (χ3n) is 4.96. The predicted octanol–water partition coefficient (Wildman–Crippen LogP) is 2.73. The molecule has 1 aliphatic heterocycles. The highest BCUT2D eigenvalue weighted by Crippen LogP contribution is 2.19. The summed E-state index contributed by atoms with van der Waals surface area (Å²) in [5, 5.41) is 0. The summed E-state index contributed by atoms with van der Waals surface area (Å²) in [6.45, 7) is 2.47.